The lowest BCUT2D eigenvalue weighted by atomic mass is 10.4. The highest BCUT2D eigenvalue weighted by molar-refractivity contribution is 5.36. The highest BCUT2D eigenvalue weighted by Crippen LogP contribution is 2.06. The SMILES string of the molecule is Cc1ccc(CNCc2nnc3ccccn23)o1. The van der Waals surface area contributed by atoms with Crippen molar-refractivity contribution in [3.63, 3.8) is 0 Å². The van der Waals surface area contributed by atoms with Crippen molar-refractivity contribution in [2.75, 3.05) is 0 Å². The van der Waals surface area contributed by atoms with E-state index in [2.05, 4.69) is 15.5 Å². The normalized spacial score (nSPS) is 11.2. The van der Waals surface area contributed by atoms with Gasteiger partial charge in [0.15, 0.2) is 11.5 Å². The Labute approximate surface area is 104 Å². The molecule has 3 aromatic rings. The van der Waals surface area contributed by atoms with Crippen molar-refractivity contribution in [1.82, 2.24) is 19.9 Å². The number of nitrogens with one attached hydrogen (secondary N) is 1. The first-order valence-electron chi connectivity index (χ1n) is 5.87. The van der Waals surface area contributed by atoms with E-state index in [0.29, 0.717) is 13.1 Å². The zero-order valence-electron chi connectivity index (χ0n) is 10.1. The molecule has 0 fully saturated rings. The van der Waals surface area contributed by atoms with Gasteiger partial charge in [-0.15, -0.1) is 10.2 Å². The summed E-state index contributed by atoms with van der Waals surface area (Å²) in [6.07, 6.45) is 1.96. The molecule has 18 heavy (non-hydrogen) atoms. The lowest BCUT2D eigenvalue weighted by Crippen LogP contribution is -2.14. The fourth-order valence-corrected chi connectivity index (χ4v) is 1.89. The first kappa shape index (κ1) is 11.0. The van der Waals surface area contributed by atoms with Crippen molar-refractivity contribution in [3.05, 3.63) is 53.9 Å². The van der Waals surface area contributed by atoms with Gasteiger partial charge in [-0.2, -0.15) is 0 Å². The van der Waals surface area contributed by atoms with Crippen molar-refractivity contribution < 1.29 is 4.42 Å². The molecule has 3 aromatic heterocycles. The second-order valence-corrected chi connectivity index (χ2v) is 4.16. The molecule has 5 nitrogen and oxygen atoms in total. The van der Waals surface area contributed by atoms with E-state index in [1.54, 1.807) is 0 Å². The summed E-state index contributed by atoms with van der Waals surface area (Å²) in [7, 11) is 0. The Hall–Kier alpha value is -2.14. The van der Waals surface area contributed by atoms with Crippen molar-refractivity contribution in [2.45, 2.75) is 20.0 Å². The van der Waals surface area contributed by atoms with E-state index < -0.39 is 0 Å². The summed E-state index contributed by atoms with van der Waals surface area (Å²) in [5, 5.41) is 11.5. The van der Waals surface area contributed by atoms with Gasteiger partial charge in [-0.1, -0.05) is 6.07 Å². The molecular weight excluding hydrogens is 228 g/mol. The first-order valence-corrected chi connectivity index (χ1v) is 5.87. The molecule has 5 heteroatoms. The summed E-state index contributed by atoms with van der Waals surface area (Å²) in [5.74, 6) is 2.76. The lowest BCUT2D eigenvalue weighted by Gasteiger charge is -2.01. The summed E-state index contributed by atoms with van der Waals surface area (Å²) in [4.78, 5) is 0. The van der Waals surface area contributed by atoms with Crippen LogP contribution >= 0.6 is 0 Å². The monoisotopic (exact) mass is 242 g/mol. The number of fused-ring (bicyclic) bond motifs is 1. The first-order chi connectivity index (χ1) is 8.83. The maximum atomic E-state index is 5.49. The van der Waals surface area contributed by atoms with Gasteiger partial charge in [-0.05, 0) is 31.2 Å². The van der Waals surface area contributed by atoms with Gasteiger partial charge in [-0.3, -0.25) is 4.40 Å². The van der Waals surface area contributed by atoms with Gasteiger partial charge in [0.05, 0.1) is 13.1 Å². The van der Waals surface area contributed by atoms with Gasteiger partial charge in [0.2, 0.25) is 0 Å². The van der Waals surface area contributed by atoms with Crippen molar-refractivity contribution in [1.29, 1.82) is 0 Å². The molecule has 1 N–H and O–H groups in total. The predicted molar refractivity (Wildman–Crippen MR) is 67.0 cm³/mol. The quantitative estimate of drug-likeness (QED) is 0.759. The average molecular weight is 242 g/mol. The molecular formula is C13H14N4O. The zero-order valence-corrected chi connectivity index (χ0v) is 10.1. The number of hydrogen-bond acceptors (Lipinski definition) is 4. The minimum atomic E-state index is 0.658. The van der Waals surface area contributed by atoms with Crippen molar-refractivity contribution in [2.24, 2.45) is 0 Å². The Morgan fingerprint density at radius 1 is 1.17 bits per heavy atom. The molecule has 0 aliphatic heterocycles. The van der Waals surface area contributed by atoms with E-state index in [-0.39, 0.29) is 0 Å². The molecule has 0 atom stereocenters. The van der Waals surface area contributed by atoms with Crippen LogP contribution in [0.1, 0.15) is 17.3 Å². The maximum Gasteiger partial charge on any atom is 0.160 e. The topological polar surface area (TPSA) is 55.4 Å². The Balaban J connectivity index is 1.66. The molecule has 0 amide bonds. The third kappa shape index (κ3) is 2.12. The second-order valence-electron chi connectivity index (χ2n) is 4.16. The summed E-state index contributed by atoms with van der Waals surface area (Å²) in [5.41, 5.74) is 0.864. The van der Waals surface area contributed by atoms with Gasteiger partial charge < -0.3 is 9.73 Å². The standard InChI is InChI=1S/C13H14N4O/c1-10-5-6-11(18-10)8-14-9-13-16-15-12-4-2-3-7-17(12)13/h2-7,14H,8-9H2,1H3. The van der Waals surface area contributed by atoms with E-state index in [1.807, 2.05) is 47.9 Å². The molecule has 0 aromatic carbocycles. The Bertz CT molecular complexity index is 656. The third-order valence-electron chi connectivity index (χ3n) is 2.76. The molecule has 3 rings (SSSR count). The van der Waals surface area contributed by atoms with Crippen LogP contribution < -0.4 is 5.32 Å². The summed E-state index contributed by atoms with van der Waals surface area (Å²) in [6, 6.07) is 9.79. The number of nitrogens with zero attached hydrogens (tertiary/aromatic N) is 3. The highest BCUT2D eigenvalue weighted by atomic mass is 16.3. The number of aryl methyl sites for hydroxylation is 1. The number of aromatic nitrogens is 3. The zero-order chi connectivity index (χ0) is 12.4. The molecule has 0 spiro atoms. The third-order valence-corrected chi connectivity index (χ3v) is 2.76. The van der Waals surface area contributed by atoms with Crippen LogP contribution in [0.15, 0.2) is 40.9 Å². The van der Waals surface area contributed by atoms with Crippen LogP contribution in [0.25, 0.3) is 5.65 Å². The van der Waals surface area contributed by atoms with Gasteiger partial charge in [-0.25, -0.2) is 0 Å². The smallest absolute Gasteiger partial charge is 0.160 e. The van der Waals surface area contributed by atoms with Crippen LogP contribution in [0.3, 0.4) is 0 Å². The lowest BCUT2D eigenvalue weighted by molar-refractivity contribution is 0.459. The van der Waals surface area contributed by atoms with E-state index in [9.17, 15) is 0 Å². The van der Waals surface area contributed by atoms with Gasteiger partial charge in [0, 0.05) is 6.20 Å². The fraction of sp³-hybridized carbons (Fsp3) is 0.231. The van der Waals surface area contributed by atoms with Crippen molar-refractivity contribution >= 4 is 5.65 Å². The van der Waals surface area contributed by atoms with Crippen LogP contribution in [0, 0.1) is 6.92 Å². The highest BCUT2D eigenvalue weighted by Gasteiger charge is 2.04. The molecule has 0 radical (unpaired) electrons. The van der Waals surface area contributed by atoms with Crippen molar-refractivity contribution in [3.8, 4) is 0 Å². The van der Waals surface area contributed by atoms with Crippen LogP contribution in [0.2, 0.25) is 0 Å². The van der Waals surface area contributed by atoms with Crippen LogP contribution in [-0.4, -0.2) is 14.6 Å². The number of furan rings is 1. The largest absolute Gasteiger partial charge is 0.465 e. The summed E-state index contributed by atoms with van der Waals surface area (Å²) < 4.78 is 7.46. The second kappa shape index (κ2) is 4.62. The molecule has 0 saturated carbocycles. The average Bonchev–Trinajstić information content (AvgIpc) is 2.97. The molecule has 3 heterocycles. The van der Waals surface area contributed by atoms with Crippen LogP contribution in [0.4, 0.5) is 0 Å². The Kier molecular flexibility index (Phi) is 2.82. The number of rotatable bonds is 4. The van der Waals surface area contributed by atoms with E-state index in [1.165, 1.54) is 0 Å². The van der Waals surface area contributed by atoms with Crippen LogP contribution in [0.5, 0.6) is 0 Å². The summed E-state index contributed by atoms with van der Waals surface area (Å²) in [6.45, 7) is 3.29. The maximum absolute atomic E-state index is 5.49. The van der Waals surface area contributed by atoms with Gasteiger partial charge in [0.25, 0.3) is 0 Å². The van der Waals surface area contributed by atoms with Gasteiger partial charge in [0.1, 0.15) is 11.5 Å². The fourth-order valence-electron chi connectivity index (χ4n) is 1.89. The van der Waals surface area contributed by atoms with E-state index in [0.717, 1.165) is 23.0 Å². The van der Waals surface area contributed by atoms with E-state index >= 15 is 0 Å². The van der Waals surface area contributed by atoms with Gasteiger partial charge >= 0.3 is 0 Å². The Morgan fingerprint density at radius 2 is 2.11 bits per heavy atom. The molecule has 0 saturated heterocycles. The summed E-state index contributed by atoms with van der Waals surface area (Å²) >= 11 is 0. The molecule has 0 unspecified atom stereocenters. The minimum Gasteiger partial charge on any atom is -0.465 e. The molecule has 92 valence electrons. The van der Waals surface area contributed by atoms with Crippen LogP contribution in [-0.2, 0) is 13.1 Å². The molecule has 0 bridgehead atoms. The number of pyridine rings is 1. The predicted octanol–water partition coefficient (Wildman–Crippen LogP) is 1.92. The molecule has 0 aliphatic rings. The molecule has 0 aliphatic carbocycles. The Morgan fingerprint density at radius 3 is 2.94 bits per heavy atom. The van der Waals surface area contributed by atoms with E-state index in [4.69, 9.17) is 4.42 Å². The minimum absolute atomic E-state index is 0.658. The number of hydrogen-bond donors (Lipinski definition) is 1.